The van der Waals surface area contributed by atoms with Crippen molar-refractivity contribution >= 4 is 17.9 Å². The van der Waals surface area contributed by atoms with E-state index in [2.05, 4.69) is 0 Å². The number of aromatic nitrogens is 1. The van der Waals surface area contributed by atoms with Crippen LogP contribution in [0.15, 0.2) is 12.4 Å². The molecule has 0 atom stereocenters. The lowest BCUT2D eigenvalue weighted by Crippen LogP contribution is -2.26. The van der Waals surface area contributed by atoms with Gasteiger partial charge >= 0.3 is 6.09 Å². The third kappa shape index (κ3) is 4.75. The molecule has 1 aromatic rings. The third-order valence-electron chi connectivity index (χ3n) is 2.34. The minimum Gasteiger partial charge on any atom is -0.443 e. The van der Waals surface area contributed by atoms with E-state index in [1.807, 2.05) is 0 Å². The quantitative estimate of drug-likeness (QED) is 0.826. The zero-order valence-electron chi connectivity index (χ0n) is 11.8. The van der Waals surface area contributed by atoms with E-state index >= 15 is 0 Å². The van der Waals surface area contributed by atoms with Crippen LogP contribution in [0.4, 0.5) is 4.79 Å². The monoisotopic (exact) mass is 281 g/mol. The summed E-state index contributed by atoms with van der Waals surface area (Å²) in [6.07, 6.45) is 2.12. The first-order chi connectivity index (χ1) is 9.08. The minimum absolute atomic E-state index is 0.0710. The van der Waals surface area contributed by atoms with Crippen molar-refractivity contribution in [2.75, 3.05) is 0 Å². The van der Waals surface area contributed by atoms with E-state index in [0.29, 0.717) is 11.1 Å². The summed E-state index contributed by atoms with van der Waals surface area (Å²) in [5.74, 6) is -1.12. The average Bonchev–Trinajstić information content (AvgIpc) is 2.57. The fraction of sp³-hybridized carbons (Fsp3) is 0.462. The fourth-order valence-electron chi connectivity index (χ4n) is 1.65. The standard InChI is InChI=1S/C13H19N3O4/c1-13(2,3)20-12(19)16-6-8(4-10(14)17)9(7-16)5-11(15)18/h6-7H,4-5H2,1-3H3,(H2,14,17)(H2,15,18). The van der Waals surface area contributed by atoms with E-state index < -0.39 is 23.5 Å². The lowest BCUT2D eigenvalue weighted by Gasteiger charge is -2.19. The van der Waals surface area contributed by atoms with Gasteiger partial charge in [0.25, 0.3) is 0 Å². The predicted molar refractivity (Wildman–Crippen MR) is 71.9 cm³/mol. The predicted octanol–water partition coefficient (Wildman–Crippen LogP) is 0.327. The van der Waals surface area contributed by atoms with E-state index in [9.17, 15) is 14.4 Å². The number of primary amides is 2. The van der Waals surface area contributed by atoms with Crippen LogP contribution in [0.3, 0.4) is 0 Å². The molecule has 0 saturated carbocycles. The molecule has 0 aliphatic carbocycles. The van der Waals surface area contributed by atoms with Gasteiger partial charge in [-0.2, -0.15) is 0 Å². The van der Waals surface area contributed by atoms with E-state index in [0.717, 1.165) is 0 Å². The summed E-state index contributed by atoms with van der Waals surface area (Å²) in [6.45, 7) is 5.22. The van der Waals surface area contributed by atoms with Crippen LogP contribution < -0.4 is 11.5 Å². The van der Waals surface area contributed by atoms with Gasteiger partial charge < -0.3 is 16.2 Å². The van der Waals surface area contributed by atoms with Gasteiger partial charge in [0.1, 0.15) is 5.60 Å². The molecule has 0 radical (unpaired) electrons. The van der Waals surface area contributed by atoms with Crippen LogP contribution in [0.2, 0.25) is 0 Å². The molecule has 1 aromatic heterocycles. The molecule has 7 heteroatoms. The largest absolute Gasteiger partial charge is 0.443 e. The van der Waals surface area contributed by atoms with Gasteiger partial charge in [0.2, 0.25) is 11.8 Å². The smallest absolute Gasteiger partial charge is 0.418 e. The summed E-state index contributed by atoms with van der Waals surface area (Å²) in [5, 5.41) is 0. The summed E-state index contributed by atoms with van der Waals surface area (Å²) >= 11 is 0. The molecule has 1 rings (SSSR count). The summed E-state index contributed by atoms with van der Waals surface area (Å²) in [6, 6.07) is 0. The second-order valence-corrected chi connectivity index (χ2v) is 5.48. The minimum atomic E-state index is -0.644. The second kappa shape index (κ2) is 5.77. The first-order valence-corrected chi connectivity index (χ1v) is 6.08. The summed E-state index contributed by atoms with van der Waals surface area (Å²) in [4.78, 5) is 33.9. The van der Waals surface area contributed by atoms with Crippen molar-refractivity contribution in [1.29, 1.82) is 0 Å². The van der Waals surface area contributed by atoms with Crippen molar-refractivity contribution in [1.82, 2.24) is 4.57 Å². The number of hydrogen-bond donors (Lipinski definition) is 2. The van der Waals surface area contributed by atoms with Crippen LogP contribution >= 0.6 is 0 Å². The number of carbonyl (C=O) groups is 3. The van der Waals surface area contributed by atoms with Crippen LogP contribution in [0, 0.1) is 0 Å². The second-order valence-electron chi connectivity index (χ2n) is 5.48. The Kier molecular flexibility index (Phi) is 4.54. The molecule has 0 unspecified atom stereocenters. The molecule has 0 aliphatic heterocycles. The highest BCUT2D eigenvalue weighted by atomic mass is 16.6. The van der Waals surface area contributed by atoms with Gasteiger partial charge in [-0.25, -0.2) is 4.79 Å². The molecule has 1 heterocycles. The summed E-state index contributed by atoms with van der Waals surface area (Å²) < 4.78 is 6.38. The number of carbonyl (C=O) groups excluding carboxylic acids is 3. The van der Waals surface area contributed by atoms with Crippen molar-refractivity contribution in [2.24, 2.45) is 11.5 Å². The van der Waals surface area contributed by atoms with Gasteiger partial charge in [-0.3, -0.25) is 14.2 Å². The molecule has 0 fully saturated rings. The number of amides is 2. The normalized spacial score (nSPS) is 11.2. The van der Waals surface area contributed by atoms with Crippen molar-refractivity contribution < 1.29 is 19.1 Å². The summed E-state index contributed by atoms with van der Waals surface area (Å²) in [7, 11) is 0. The van der Waals surface area contributed by atoms with Crippen LogP contribution in [-0.4, -0.2) is 28.1 Å². The molecular formula is C13H19N3O4. The number of hydrogen-bond acceptors (Lipinski definition) is 4. The number of ether oxygens (including phenoxy) is 1. The lowest BCUT2D eigenvalue weighted by molar-refractivity contribution is -0.118. The van der Waals surface area contributed by atoms with Crippen LogP contribution in [0.1, 0.15) is 31.9 Å². The molecule has 0 spiro atoms. The fourth-order valence-corrected chi connectivity index (χ4v) is 1.65. The Hall–Kier alpha value is -2.31. The number of rotatable bonds is 4. The van der Waals surface area contributed by atoms with Crippen LogP contribution in [0.5, 0.6) is 0 Å². The Balaban J connectivity index is 3.04. The zero-order valence-corrected chi connectivity index (χ0v) is 11.8. The Morgan fingerprint density at radius 3 is 1.75 bits per heavy atom. The van der Waals surface area contributed by atoms with Gasteiger partial charge in [0.05, 0.1) is 12.8 Å². The molecule has 0 bridgehead atoms. The van der Waals surface area contributed by atoms with Crippen molar-refractivity contribution in [3.63, 3.8) is 0 Å². The summed E-state index contributed by atoms with van der Waals surface area (Å²) in [5.41, 5.74) is 10.6. The van der Waals surface area contributed by atoms with E-state index in [1.54, 1.807) is 20.8 Å². The highest BCUT2D eigenvalue weighted by Gasteiger charge is 2.20. The molecule has 0 aromatic carbocycles. The molecule has 110 valence electrons. The van der Waals surface area contributed by atoms with Gasteiger partial charge in [-0.05, 0) is 31.9 Å². The molecule has 4 N–H and O–H groups in total. The topological polar surface area (TPSA) is 117 Å². The zero-order chi connectivity index (χ0) is 15.5. The molecule has 0 aliphatic rings. The maximum absolute atomic E-state index is 11.9. The van der Waals surface area contributed by atoms with Gasteiger partial charge in [0.15, 0.2) is 0 Å². The average molecular weight is 281 g/mol. The Bertz CT molecular complexity index is 507. The SMILES string of the molecule is CC(C)(C)OC(=O)n1cc(CC(N)=O)c(CC(N)=O)c1. The van der Waals surface area contributed by atoms with Crippen molar-refractivity contribution in [3.05, 3.63) is 23.5 Å². The molecule has 20 heavy (non-hydrogen) atoms. The third-order valence-corrected chi connectivity index (χ3v) is 2.34. The van der Waals surface area contributed by atoms with E-state index in [4.69, 9.17) is 16.2 Å². The van der Waals surface area contributed by atoms with E-state index in [1.165, 1.54) is 17.0 Å². The molecular weight excluding hydrogens is 262 g/mol. The highest BCUT2D eigenvalue weighted by Crippen LogP contribution is 2.15. The van der Waals surface area contributed by atoms with Gasteiger partial charge in [-0.1, -0.05) is 0 Å². The number of nitrogens with zero attached hydrogens (tertiary/aromatic N) is 1. The molecule has 7 nitrogen and oxygen atoms in total. The lowest BCUT2D eigenvalue weighted by atomic mass is 10.1. The van der Waals surface area contributed by atoms with Crippen LogP contribution in [-0.2, 0) is 27.2 Å². The Morgan fingerprint density at radius 1 is 1.05 bits per heavy atom. The Morgan fingerprint density at radius 2 is 1.45 bits per heavy atom. The van der Waals surface area contributed by atoms with Crippen LogP contribution in [0.25, 0.3) is 0 Å². The highest BCUT2D eigenvalue weighted by molar-refractivity contribution is 5.81. The van der Waals surface area contributed by atoms with Crippen molar-refractivity contribution in [2.45, 2.75) is 39.2 Å². The van der Waals surface area contributed by atoms with Crippen molar-refractivity contribution in [3.8, 4) is 0 Å². The Labute approximate surface area is 116 Å². The van der Waals surface area contributed by atoms with E-state index in [-0.39, 0.29) is 12.8 Å². The van der Waals surface area contributed by atoms with Gasteiger partial charge in [-0.15, -0.1) is 0 Å². The first-order valence-electron chi connectivity index (χ1n) is 6.08. The number of nitrogens with two attached hydrogens (primary N) is 2. The van der Waals surface area contributed by atoms with Gasteiger partial charge in [0, 0.05) is 12.4 Å². The molecule has 0 saturated heterocycles. The maximum Gasteiger partial charge on any atom is 0.418 e. The maximum atomic E-state index is 11.9. The molecule has 2 amide bonds. The first kappa shape index (κ1) is 15.7.